The molecule has 0 unspecified atom stereocenters. The summed E-state index contributed by atoms with van der Waals surface area (Å²) in [7, 11) is 0. The highest BCUT2D eigenvalue weighted by Gasteiger charge is 2.00. The number of aromatic amines is 1. The van der Waals surface area contributed by atoms with Crippen LogP contribution in [0.4, 0.5) is 0 Å². The van der Waals surface area contributed by atoms with Crippen molar-refractivity contribution in [3.05, 3.63) is 27.0 Å². The summed E-state index contributed by atoms with van der Waals surface area (Å²) in [6.07, 6.45) is 1.14. The van der Waals surface area contributed by atoms with Crippen molar-refractivity contribution >= 4 is 5.91 Å². The molecule has 0 atom stereocenters. The smallest absolute Gasteiger partial charge is 0.332 e. The summed E-state index contributed by atoms with van der Waals surface area (Å²) in [5.41, 5.74) is -1.44. The highest BCUT2D eigenvalue weighted by atomic mass is 16.2. The molecule has 1 aromatic rings. The predicted octanol–water partition coefficient (Wildman–Crippen LogP) is -1.93. The highest BCUT2D eigenvalue weighted by molar-refractivity contribution is 5.72. The Labute approximate surface area is 78.8 Å². The largest absolute Gasteiger partial charge is 0.354 e. The van der Waals surface area contributed by atoms with Gasteiger partial charge in [0.25, 0.3) is 0 Å². The SMILES string of the molecule is CC(=O)NCCn1nc[nH]c(=O)c1=O. The first kappa shape index (κ1) is 10.2. The van der Waals surface area contributed by atoms with Crippen molar-refractivity contribution in [3.8, 4) is 0 Å². The number of carbonyl (C=O) groups is 1. The van der Waals surface area contributed by atoms with Gasteiger partial charge in [-0.15, -0.1) is 0 Å². The first-order valence-electron chi connectivity index (χ1n) is 4.00. The molecule has 0 aromatic carbocycles. The van der Waals surface area contributed by atoms with Crippen molar-refractivity contribution in [2.75, 3.05) is 6.54 Å². The van der Waals surface area contributed by atoms with Crippen LogP contribution in [-0.2, 0) is 11.3 Å². The Morgan fingerprint density at radius 3 is 3.00 bits per heavy atom. The number of aromatic nitrogens is 3. The first-order chi connectivity index (χ1) is 6.61. The molecule has 2 N–H and O–H groups in total. The molecule has 1 rings (SSSR count). The molecule has 14 heavy (non-hydrogen) atoms. The third kappa shape index (κ3) is 2.54. The Morgan fingerprint density at radius 2 is 2.36 bits per heavy atom. The van der Waals surface area contributed by atoms with Crippen LogP contribution in [0.5, 0.6) is 0 Å². The lowest BCUT2D eigenvalue weighted by atomic mass is 10.5. The fourth-order valence-electron chi connectivity index (χ4n) is 0.886. The maximum atomic E-state index is 11.1. The average Bonchev–Trinajstić information content (AvgIpc) is 2.12. The first-order valence-corrected chi connectivity index (χ1v) is 4.00. The molecule has 1 aromatic heterocycles. The molecule has 0 spiro atoms. The van der Waals surface area contributed by atoms with E-state index in [9.17, 15) is 14.4 Å². The topological polar surface area (TPSA) is 96.8 Å². The molecular formula is C7H10N4O3. The van der Waals surface area contributed by atoms with E-state index in [0.29, 0.717) is 0 Å². The summed E-state index contributed by atoms with van der Waals surface area (Å²) < 4.78 is 0.995. The number of carbonyl (C=O) groups excluding carboxylic acids is 1. The fourth-order valence-corrected chi connectivity index (χ4v) is 0.886. The molecule has 1 heterocycles. The zero-order chi connectivity index (χ0) is 10.6. The van der Waals surface area contributed by atoms with E-state index in [0.717, 1.165) is 11.0 Å². The minimum atomic E-state index is -0.724. The Kier molecular flexibility index (Phi) is 3.16. The van der Waals surface area contributed by atoms with Gasteiger partial charge in [0.1, 0.15) is 6.33 Å². The third-order valence-corrected chi connectivity index (χ3v) is 1.52. The molecule has 76 valence electrons. The minimum Gasteiger partial charge on any atom is -0.354 e. The molecule has 0 aliphatic heterocycles. The Morgan fingerprint density at radius 1 is 1.64 bits per heavy atom. The number of hydrogen-bond acceptors (Lipinski definition) is 4. The van der Waals surface area contributed by atoms with Gasteiger partial charge in [0.05, 0.1) is 6.54 Å². The summed E-state index contributed by atoms with van der Waals surface area (Å²) >= 11 is 0. The number of nitrogens with one attached hydrogen (secondary N) is 2. The lowest BCUT2D eigenvalue weighted by molar-refractivity contribution is -0.118. The standard InChI is InChI=1S/C7H10N4O3/c1-5(12)8-2-3-11-7(14)6(13)9-4-10-11/h4H,2-3H2,1H3,(H,8,12)(H,9,10,13). The zero-order valence-electron chi connectivity index (χ0n) is 7.61. The Balaban J connectivity index is 2.69. The summed E-state index contributed by atoms with van der Waals surface area (Å²) in [5.74, 6) is -0.192. The lowest BCUT2D eigenvalue weighted by Crippen LogP contribution is -2.39. The summed E-state index contributed by atoms with van der Waals surface area (Å²) in [6, 6.07) is 0. The highest BCUT2D eigenvalue weighted by Crippen LogP contribution is 1.69. The monoisotopic (exact) mass is 198 g/mol. The van der Waals surface area contributed by atoms with Gasteiger partial charge in [-0.3, -0.25) is 14.4 Å². The summed E-state index contributed by atoms with van der Waals surface area (Å²) in [4.78, 5) is 34.6. The maximum absolute atomic E-state index is 11.1. The zero-order valence-corrected chi connectivity index (χ0v) is 7.61. The number of rotatable bonds is 3. The van der Waals surface area contributed by atoms with E-state index in [1.165, 1.54) is 6.92 Å². The Hall–Kier alpha value is -1.92. The van der Waals surface area contributed by atoms with E-state index in [2.05, 4.69) is 15.4 Å². The van der Waals surface area contributed by atoms with Gasteiger partial charge in [-0.25, -0.2) is 4.68 Å². The molecule has 0 aliphatic carbocycles. The summed E-state index contributed by atoms with van der Waals surface area (Å²) in [5, 5.41) is 6.12. The number of nitrogens with zero attached hydrogens (tertiary/aromatic N) is 2. The predicted molar refractivity (Wildman–Crippen MR) is 47.8 cm³/mol. The number of hydrogen-bond donors (Lipinski definition) is 2. The molecule has 0 saturated heterocycles. The van der Waals surface area contributed by atoms with E-state index in [-0.39, 0.29) is 19.0 Å². The molecule has 0 saturated carbocycles. The third-order valence-electron chi connectivity index (χ3n) is 1.52. The second kappa shape index (κ2) is 4.35. The molecule has 7 nitrogen and oxygen atoms in total. The van der Waals surface area contributed by atoms with Crippen molar-refractivity contribution in [1.29, 1.82) is 0 Å². The van der Waals surface area contributed by atoms with Crippen LogP contribution >= 0.6 is 0 Å². The van der Waals surface area contributed by atoms with E-state index < -0.39 is 11.1 Å². The normalized spacial score (nSPS) is 9.79. The van der Waals surface area contributed by atoms with Gasteiger partial charge < -0.3 is 10.3 Å². The van der Waals surface area contributed by atoms with Crippen molar-refractivity contribution in [1.82, 2.24) is 20.1 Å². The second-order valence-electron chi connectivity index (χ2n) is 2.63. The van der Waals surface area contributed by atoms with Crippen molar-refractivity contribution in [2.24, 2.45) is 0 Å². The van der Waals surface area contributed by atoms with Crippen molar-refractivity contribution in [2.45, 2.75) is 13.5 Å². The van der Waals surface area contributed by atoms with Gasteiger partial charge in [-0.1, -0.05) is 0 Å². The lowest BCUT2D eigenvalue weighted by Gasteiger charge is -2.02. The van der Waals surface area contributed by atoms with E-state index in [4.69, 9.17) is 0 Å². The molecule has 0 bridgehead atoms. The molecule has 0 aliphatic rings. The van der Waals surface area contributed by atoms with Crippen molar-refractivity contribution < 1.29 is 4.79 Å². The van der Waals surface area contributed by atoms with Gasteiger partial charge >= 0.3 is 11.1 Å². The van der Waals surface area contributed by atoms with Crippen molar-refractivity contribution in [3.63, 3.8) is 0 Å². The van der Waals surface area contributed by atoms with Crippen LogP contribution in [0.15, 0.2) is 15.9 Å². The van der Waals surface area contributed by atoms with Gasteiger partial charge in [0.15, 0.2) is 0 Å². The number of H-pyrrole nitrogens is 1. The minimum absolute atomic E-state index is 0.183. The quantitative estimate of drug-likeness (QED) is 0.552. The van der Waals surface area contributed by atoms with Gasteiger partial charge in [-0.05, 0) is 0 Å². The fraction of sp³-hybridized carbons (Fsp3) is 0.429. The van der Waals surface area contributed by atoms with Crippen LogP contribution < -0.4 is 16.4 Å². The summed E-state index contributed by atoms with van der Waals surface area (Å²) in [6.45, 7) is 1.82. The van der Waals surface area contributed by atoms with Gasteiger partial charge in [0.2, 0.25) is 5.91 Å². The maximum Gasteiger partial charge on any atom is 0.332 e. The van der Waals surface area contributed by atoms with Crippen LogP contribution in [0.1, 0.15) is 6.92 Å². The molecule has 1 amide bonds. The van der Waals surface area contributed by atoms with Crippen LogP contribution in [0, 0.1) is 0 Å². The molecule has 0 fully saturated rings. The van der Waals surface area contributed by atoms with Gasteiger partial charge in [-0.2, -0.15) is 5.10 Å². The molecule has 7 heteroatoms. The van der Waals surface area contributed by atoms with Gasteiger partial charge in [0, 0.05) is 13.5 Å². The Bertz CT molecular complexity index is 433. The van der Waals surface area contributed by atoms with E-state index in [1.54, 1.807) is 0 Å². The second-order valence-corrected chi connectivity index (χ2v) is 2.63. The van der Waals surface area contributed by atoms with Crippen LogP contribution in [0.2, 0.25) is 0 Å². The average molecular weight is 198 g/mol. The molecule has 0 radical (unpaired) electrons. The number of amides is 1. The van der Waals surface area contributed by atoms with Crippen LogP contribution in [0.3, 0.4) is 0 Å². The van der Waals surface area contributed by atoms with Crippen LogP contribution in [-0.4, -0.2) is 27.2 Å². The van der Waals surface area contributed by atoms with Crippen LogP contribution in [0.25, 0.3) is 0 Å². The van der Waals surface area contributed by atoms with E-state index >= 15 is 0 Å². The molecular weight excluding hydrogens is 188 g/mol. The van der Waals surface area contributed by atoms with E-state index in [1.807, 2.05) is 0 Å².